The molecule has 0 bridgehead atoms. The first-order valence-electron chi connectivity index (χ1n) is 6.22. The van der Waals surface area contributed by atoms with Crippen LogP contribution in [0.3, 0.4) is 0 Å². The highest BCUT2D eigenvalue weighted by molar-refractivity contribution is 6.18. The molecule has 1 saturated carbocycles. The van der Waals surface area contributed by atoms with Gasteiger partial charge in [-0.25, -0.2) is 0 Å². The van der Waals surface area contributed by atoms with Crippen molar-refractivity contribution in [3.8, 4) is 0 Å². The Morgan fingerprint density at radius 1 is 0.929 bits per heavy atom. The van der Waals surface area contributed by atoms with Crippen LogP contribution in [0.1, 0.15) is 44.9 Å². The lowest BCUT2D eigenvalue weighted by atomic mass is 9.84. The lowest BCUT2D eigenvalue weighted by Gasteiger charge is -2.41. The van der Waals surface area contributed by atoms with E-state index in [0.29, 0.717) is 0 Å². The number of nitrogens with zero attached hydrogens (tertiary/aromatic N) is 1. The molecule has 0 aromatic rings. The van der Waals surface area contributed by atoms with Crippen molar-refractivity contribution < 1.29 is 0 Å². The third-order valence-corrected chi connectivity index (χ3v) is 4.32. The maximum absolute atomic E-state index is 6.07. The molecule has 1 aliphatic carbocycles. The van der Waals surface area contributed by atoms with Gasteiger partial charge in [0.15, 0.2) is 0 Å². The minimum atomic E-state index is 0.781. The Labute approximate surface area is 92.8 Å². The van der Waals surface area contributed by atoms with Gasteiger partial charge in [0, 0.05) is 11.9 Å². The van der Waals surface area contributed by atoms with Crippen molar-refractivity contribution in [1.29, 1.82) is 0 Å². The van der Waals surface area contributed by atoms with Crippen molar-refractivity contribution in [2.45, 2.75) is 51.0 Å². The molecule has 1 nitrogen and oxygen atoms in total. The molecule has 2 unspecified atom stereocenters. The quantitative estimate of drug-likeness (QED) is 0.640. The summed E-state index contributed by atoms with van der Waals surface area (Å²) >= 11 is 6.07. The summed E-state index contributed by atoms with van der Waals surface area (Å²) in [4.78, 5) is 2.72. The van der Waals surface area contributed by atoms with E-state index in [0.717, 1.165) is 17.8 Å². The Hall–Kier alpha value is 0.250. The van der Waals surface area contributed by atoms with Crippen molar-refractivity contribution in [2.75, 3.05) is 19.0 Å². The first-order valence-corrected chi connectivity index (χ1v) is 6.75. The second-order valence-corrected chi connectivity index (χ2v) is 5.17. The molecule has 14 heavy (non-hydrogen) atoms. The maximum Gasteiger partial charge on any atom is 0.0266 e. The van der Waals surface area contributed by atoms with Crippen LogP contribution in [0.15, 0.2) is 0 Å². The van der Waals surface area contributed by atoms with Crippen LogP contribution in [0.25, 0.3) is 0 Å². The minimum absolute atomic E-state index is 0.781. The first kappa shape index (κ1) is 10.8. The largest absolute Gasteiger partial charge is 0.300 e. The number of rotatable bonds is 2. The second kappa shape index (κ2) is 5.37. The molecule has 1 aliphatic heterocycles. The zero-order chi connectivity index (χ0) is 9.80. The third-order valence-electron chi connectivity index (χ3n) is 3.93. The molecule has 0 radical (unpaired) electrons. The summed E-state index contributed by atoms with van der Waals surface area (Å²) in [6, 6.07) is 0.821. The van der Waals surface area contributed by atoms with Gasteiger partial charge in [0.25, 0.3) is 0 Å². The summed E-state index contributed by atoms with van der Waals surface area (Å²) < 4.78 is 0. The Balaban J connectivity index is 1.91. The summed E-state index contributed by atoms with van der Waals surface area (Å²) in [6.45, 7) is 2.66. The molecule has 0 N–H and O–H groups in total. The number of alkyl halides is 1. The molecular formula is C12H22ClN. The first-order chi connectivity index (χ1) is 6.92. The number of piperidine rings is 1. The van der Waals surface area contributed by atoms with Gasteiger partial charge in [0.2, 0.25) is 0 Å². The van der Waals surface area contributed by atoms with Crippen LogP contribution >= 0.6 is 11.6 Å². The monoisotopic (exact) mass is 215 g/mol. The van der Waals surface area contributed by atoms with Gasteiger partial charge >= 0.3 is 0 Å². The second-order valence-electron chi connectivity index (χ2n) is 4.86. The molecule has 2 aliphatic rings. The zero-order valence-electron chi connectivity index (χ0n) is 9.05. The van der Waals surface area contributed by atoms with Crippen molar-refractivity contribution in [2.24, 2.45) is 5.92 Å². The van der Waals surface area contributed by atoms with E-state index in [-0.39, 0.29) is 0 Å². The number of hydrogen-bond donors (Lipinski definition) is 0. The van der Waals surface area contributed by atoms with Gasteiger partial charge in [-0.15, -0.1) is 11.6 Å². The van der Waals surface area contributed by atoms with Crippen LogP contribution in [-0.4, -0.2) is 29.9 Å². The Morgan fingerprint density at radius 3 is 2.36 bits per heavy atom. The standard InChI is InChI=1S/C12H22ClN/c13-10-11-6-2-3-7-12(11)14-8-4-1-5-9-14/h11-12H,1-10H2. The van der Waals surface area contributed by atoms with Crippen LogP contribution in [-0.2, 0) is 0 Å². The van der Waals surface area contributed by atoms with Crippen LogP contribution in [0, 0.1) is 5.92 Å². The summed E-state index contributed by atoms with van der Waals surface area (Å²) in [5.74, 6) is 1.66. The smallest absolute Gasteiger partial charge is 0.0266 e. The van der Waals surface area contributed by atoms with Crippen LogP contribution < -0.4 is 0 Å². The highest BCUT2D eigenvalue weighted by Crippen LogP contribution is 2.30. The Morgan fingerprint density at radius 2 is 1.64 bits per heavy atom. The Bertz CT molecular complexity index is 166. The van der Waals surface area contributed by atoms with Gasteiger partial charge in [-0.1, -0.05) is 19.3 Å². The zero-order valence-corrected chi connectivity index (χ0v) is 9.81. The van der Waals surface area contributed by atoms with Gasteiger partial charge in [-0.05, 0) is 44.7 Å². The van der Waals surface area contributed by atoms with Gasteiger partial charge < -0.3 is 4.90 Å². The lowest BCUT2D eigenvalue weighted by Crippen LogP contribution is -2.45. The van der Waals surface area contributed by atoms with Crippen molar-refractivity contribution in [1.82, 2.24) is 4.90 Å². The Kier molecular flexibility index (Phi) is 4.12. The van der Waals surface area contributed by atoms with Crippen molar-refractivity contribution >= 4 is 11.6 Å². The average molecular weight is 216 g/mol. The molecule has 0 aromatic carbocycles. The number of likely N-dealkylation sites (tertiary alicyclic amines) is 1. The van der Waals surface area contributed by atoms with E-state index in [9.17, 15) is 0 Å². The predicted octanol–water partition coefficient (Wildman–Crippen LogP) is 3.27. The molecule has 1 saturated heterocycles. The van der Waals surface area contributed by atoms with Gasteiger partial charge in [-0.2, -0.15) is 0 Å². The molecule has 82 valence electrons. The van der Waals surface area contributed by atoms with E-state index in [1.165, 1.54) is 58.0 Å². The predicted molar refractivity (Wildman–Crippen MR) is 61.9 cm³/mol. The van der Waals surface area contributed by atoms with E-state index in [2.05, 4.69) is 4.90 Å². The number of halogens is 1. The van der Waals surface area contributed by atoms with Crippen LogP contribution in [0.4, 0.5) is 0 Å². The molecular weight excluding hydrogens is 194 g/mol. The lowest BCUT2D eigenvalue weighted by molar-refractivity contribution is 0.0936. The van der Waals surface area contributed by atoms with E-state index < -0.39 is 0 Å². The van der Waals surface area contributed by atoms with Crippen molar-refractivity contribution in [3.05, 3.63) is 0 Å². The molecule has 0 amide bonds. The van der Waals surface area contributed by atoms with Crippen LogP contribution in [0.2, 0.25) is 0 Å². The van der Waals surface area contributed by atoms with Gasteiger partial charge in [0.1, 0.15) is 0 Å². The summed E-state index contributed by atoms with van der Waals surface area (Å²) in [7, 11) is 0. The minimum Gasteiger partial charge on any atom is -0.300 e. The number of hydrogen-bond acceptors (Lipinski definition) is 1. The van der Waals surface area contributed by atoms with E-state index >= 15 is 0 Å². The summed E-state index contributed by atoms with van der Waals surface area (Å²) in [6.07, 6.45) is 9.85. The highest BCUT2D eigenvalue weighted by atomic mass is 35.5. The molecule has 0 spiro atoms. The molecule has 1 heterocycles. The normalized spacial score (nSPS) is 35.8. The molecule has 2 rings (SSSR count). The van der Waals surface area contributed by atoms with E-state index in [1.54, 1.807) is 0 Å². The fourth-order valence-electron chi connectivity index (χ4n) is 3.10. The third kappa shape index (κ3) is 2.43. The van der Waals surface area contributed by atoms with Gasteiger partial charge in [-0.3, -0.25) is 0 Å². The maximum atomic E-state index is 6.07. The topological polar surface area (TPSA) is 3.24 Å². The summed E-state index contributed by atoms with van der Waals surface area (Å²) in [5.41, 5.74) is 0. The fourth-order valence-corrected chi connectivity index (χ4v) is 3.46. The molecule has 2 heteroatoms. The van der Waals surface area contributed by atoms with Gasteiger partial charge in [0.05, 0.1) is 0 Å². The fraction of sp³-hybridized carbons (Fsp3) is 1.00. The summed E-state index contributed by atoms with van der Waals surface area (Å²) in [5, 5.41) is 0. The van der Waals surface area contributed by atoms with E-state index in [1.807, 2.05) is 0 Å². The molecule has 0 aromatic heterocycles. The van der Waals surface area contributed by atoms with Crippen LogP contribution in [0.5, 0.6) is 0 Å². The molecule has 2 atom stereocenters. The van der Waals surface area contributed by atoms with E-state index in [4.69, 9.17) is 11.6 Å². The highest BCUT2D eigenvalue weighted by Gasteiger charge is 2.29. The SMILES string of the molecule is ClCC1CCCCC1N1CCCCC1. The average Bonchev–Trinajstić information content (AvgIpc) is 2.30. The molecule has 2 fully saturated rings. The van der Waals surface area contributed by atoms with Crippen molar-refractivity contribution in [3.63, 3.8) is 0 Å².